The van der Waals surface area contributed by atoms with Crippen molar-refractivity contribution in [2.24, 2.45) is 0 Å². The highest BCUT2D eigenvalue weighted by Crippen LogP contribution is 2.22. The lowest BCUT2D eigenvalue weighted by Gasteiger charge is -2.11. The van der Waals surface area contributed by atoms with E-state index in [0.29, 0.717) is 17.3 Å². The number of tetrazole rings is 1. The minimum atomic E-state index is -0.390. The minimum Gasteiger partial charge on any atom is -0.497 e. The van der Waals surface area contributed by atoms with Gasteiger partial charge in [0.15, 0.2) is 5.82 Å². The maximum Gasteiger partial charge on any atom is 0.319 e. The van der Waals surface area contributed by atoms with Crippen molar-refractivity contribution in [3.8, 4) is 17.2 Å². The molecule has 9 heteroatoms. The molecule has 0 aliphatic carbocycles. The van der Waals surface area contributed by atoms with Crippen molar-refractivity contribution in [2.75, 3.05) is 19.5 Å². The Kier molecular flexibility index (Phi) is 5.28. The highest BCUT2D eigenvalue weighted by atomic mass is 16.5. The second kappa shape index (κ2) is 7.97. The number of methoxy groups -OCH3 is 2. The van der Waals surface area contributed by atoms with E-state index in [0.717, 1.165) is 11.4 Å². The van der Waals surface area contributed by atoms with E-state index in [4.69, 9.17) is 9.47 Å². The summed E-state index contributed by atoms with van der Waals surface area (Å²) in [5, 5.41) is 17.0. The Morgan fingerprint density at radius 3 is 2.58 bits per heavy atom. The molecule has 134 valence electrons. The van der Waals surface area contributed by atoms with Crippen molar-refractivity contribution in [1.82, 2.24) is 25.5 Å². The number of aromatic nitrogens is 4. The van der Waals surface area contributed by atoms with Crippen molar-refractivity contribution in [3.05, 3.63) is 54.4 Å². The van der Waals surface area contributed by atoms with Crippen molar-refractivity contribution < 1.29 is 14.3 Å². The molecule has 2 aromatic carbocycles. The van der Waals surface area contributed by atoms with Crippen molar-refractivity contribution in [1.29, 1.82) is 0 Å². The Balaban J connectivity index is 1.65. The van der Waals surface area contributed by atoms with E-state index in [-0.39, 0.29) is 6.54 Å². The van der Waals surface area contributed by atoms with Gasteiger partial charge in [0.2, 0.25) is 0 Å². The lowest BCUT2D eigenvalue weighted by Crippen LogP contribution is -2.29. The van der Waals surface area contributed by atoms with Crippen LogP contribution in [0, 0.1) is 0 Å². The quantitative estimate of drug-likeness (QED) is 0.702. The molecule has 1 heterocycles. The molecule has 0 aliphatic heterocycles. The third-order valence-electron chi connectivity index (χ3n) is 3.61. The maximum absolute atomic E-state index is 12.1. The molecule has 0 radical (unpaired) electrons. The summed E-state index contributed by atoms with van der Waals surface area (Å²) < 4.78 is 11.9. The monoisotopic (exact) mass is 354 g/mol. The summed E-state index contributed by atoms with van der Waals surface area (Å²) in [6.07, 6.45) is 0. The molecule has 0 spiro atoms. The smallest absolute Gasteiger partial charge is 0.319 e. The second-order valence-electron chi connectivity index (χ2n) is 5.21. The lowest BCUT2D eigenvalue weighted by molar-refractivity contribution is 0.251. The summed E-state index contributed by atoms with van der Waals surface area (Å²) >= 11 is 0. The molecule has 0 saturated heterocycles. The Morgan fingerprint density at radius 1 is 1.08 bits per heavy atom. The van der Waals surface area contributed by atoms with Crippen molar-refractivity contribution in [2.45, 2.75) is 6.54 Å². The molecule has 2 amide bonds. The van der Waals surface area contributed by atoms with E-state index in [1.54, 1.807) is 31.0 Å². The number of hydrogen-bond donors (Lipinski definition) is 2. The molecule has 0 aliphatic rings. The van der Waals surface area contributed by atoms with Gasteiger partial charge >= 0.3 is 6.03 Å². The molecule has 0 fully saturated rings. The van der Waals surface area contributed by atoms with Crippen molar-refractivity contribution >= 4 is 11.7 Å². The Morgan fingerprint density at radius 2 is 1.85 bits per heavy atom. The fourth-order valence-corrected chi connectivity index (χ4v) is 2.31. The molecule has 3 aromatic rings. The van der Waals surface area contributed by atoms with Gasteiger partial charge < -0.3 is 20.1 Å². The first kappa shape index (κ1) is 17.2. The summed E-state index contributed by atoms with van der Waals surface area (Å²) in [4.78, 5) is 12.1. The van der Waals surface area contributed by atoms with Crippen LogP contribution < -0.4 is 20.1 Å². The summed E-state index contributed by atoms with van der Waals surface area (Å²) in [6.45, 7) is 0.153. The zero-order valence-electron chi connectivity index (χ0n) is 14.3. The van der Waals surface area contributed by atoms with Crippen LogP contribution in [0.25, 0.3) is 5.69 Å². The molecule has 3 rings (SSSR count). The van der Waals surface area contributed by atoms with Crippen LogP contribution in [0.5, 0.6) is 11.5 Å². The molecular weight excluding hydrogens is 336 g/mol. The van der Waals surface area contributed by atoms with Gasteiger partial charge in [-0.15, -0.1) is 5.10 Å². The van der Waals surface area contributed by atoms with Gasteiger partial charge in [0.1, 0.15) is 11.5 Å². The fourth-order valence-electron chi connectivity index (χ4n) is 2.31. The SMILES string of the molecule is COc1ccc(-n2nnnc2CNC(=O)Nc2ccccc2OC)cc1. The Hall–Kier alpha value is -3.62. The third kappa shape index (κ3) is 3.89. The number of ether oxygens (including phenoxy) is 2. The number of urea groups is 1. The number of anilines is 1. The zero-order valence-corrected chi connectivity index (χ0v) is 14.3. The van der Waals surface area contributed by atoms with E-state index in [1.807, 2.05) is 36.4 Å². The summed E-state index contributed by atoms with van der Waals surface area (Å²) in [5.74, 6) is 1.80. The van der Waals surface area contributed by atoms with Gasteiger partial charge in [-0.1, -0.05) is 12.1 Å². The van der Waals surface area contributed by atoms with E-state index in [1.165, 1.54) is 0 Å². The molecule has 1 aromatic heterocycles. The lowest BCUT2D eigenvalue weighted by atomic mass is 10.3. The predicted octanol–water partition coefficient (Wildman–Crippen LogP) is 2.00. The molecular formula is C17H18N6O3. The number of hydrogen-bond acceptors (Lipinski definition) is 6. The largest absolute Gasteiger partial charge is 0.497 e. The number of amides is 2. The van der Waals surface area contributed by atoms with Crippen molar-refractivity contribution in [3.63, 3.8) is 0 Å². The van der Waals surface area contributed by atoms with Crippen LogP contribution >= 0.6 is 0 Å². The van der Waals surface area contributed by atoms with E-state index in [2.05, 4.69) is 26.2 Å². The van der Waals surface area contributed by atoms with Gasteiger partial charge in [-0.05, 0) is 46.8 Å². The highest BCUT2D eigenvalue weighted by Gasteiger charge is 2.11. The summed E-state index contributed by atoms with van der Waals surface area (Å²) in [7, 11) is 3.14. The standard InChI is InChI=1S/C17H18N6O3/c1-25-13-9-7-12(8-10-13)23-16(20-21-22-23)11-18-17(24)19-14-5-3-4-6-15(14)26-2/h3-10H,11H2,1-2H3,(H2,18,19,24). The number of carbonyl (C=O) groups excluding carboxylic acids is 1. The Bertz CT molecular complexity index is 878. The molecule has 26 heavy (non-hydrogen) atoms. The highest BCUT2D eigenvalue weighted by molar-refractivity contribution is 5.90. The first-order valence-electron chi connectivity index (χ1n) is 7.81. The molecule has 0 bridgehead atoms. The van der Waals surface area contributed by atoms with Gasteiger partial charge in [-0.25, -0.2) is 4.79 Å². The van der Waals surface area contributed by atoms with Gasteiger partial charge in [0, 0.05) is 0 Å². The average molecular weight is 354 g/mol. The molecule has 2 N–H and O–H groups in total. The maximum atomic E-state index is 12.1. The van der Waals surface area contributed by atoms with Gasteiger partial charge in [0.05, 0.1) is 32.1 Å². The number of nitrogens with one attached hydrogen (secondary N) is 2. The van der Waals surface area contributed by atoms with Gasteiger partial charge in [-0.2, -0.15) is 4.68 Å². The first-order valence-corrected chi connectivity index (χ1v) is 7.81. The molecule has 9 nitrogen and oxygen atoms in total. The number of benzene rings is 2. The summed E-state index contributed by atoms with van der Waals surface area (Å²) in [6, 6.07) is 14.0. The average Bonchev–Trinajstić information content (AvgIpc) is 3.15. The number of para-hydroxylation sites is 2. The van der Waals surface area contributed by atoms with Crippen LogP contribution in [0.1, 0.15) is 5.82 Å². The number of rotatable bonds is 6. The number of carbonyl (C=O) groups is 1. The van der Waals surface area contributed by atoms with Crippen LogP contribution in [0.3, 0.4) is 0 Å². The van der Waals surface area contributed by atoms with E-state index in [9.17, 15) is 4.79 Å². The van der Waals surface area contributed by atoms with Crippen LogP contribution in [0.4, 0.5) is 10.5 Å². The molecule has 0 atom stereocenters. The number of nitrogens with zero attached hydrogens (tertiary/aromatic N) is 4. The minimum absolute atomic E-state index is 0.153. The third-order valence-corrected chi connectivity index (χ3v) is 3.61. The Labute approximate surface area is 149 Å². The zero-order chi connectivity index (χ0) is 18.4. The second-order valence-corrected chi connectivity index (χ2v) is 5.21. The predicted molar refractivity (Wildman–Crippen MR) is 94.6 cm³/mol. The van der Waals surface area contributed by atoms with Gasteiger partial charge in [0.25, 0.3) is 0 Å². The topological polar surface area (TPSA) is 103 Å². The van der Waals surface area contributed by atoms with E-state index < -0.39 is 6.03 Å². The summed E-state index contributed by atoms with van der Waals surface area (Å²) in [5.41, 5.74) is 1.33. The fraction of sp³-hybridized carbons (Fsp3) is 0.176. The van der Waals surface area contributed by atoms with Crippen LogP contribution in [-0.4, -0.2) is 40.5 Å². The van der Waals surface area contributed by atoms with Crippen LogP contribution in [-0.2, 0) is 6.54 Å². The van der Waals surface area contributed by atoms with Gasteiger partial charge in [-0.3, -0.25) is 0 Å². The van der Waals surface area contributed by atoms with Crippen LogP contribution in [0.15, 0.2) is 48.5 Å². The first-order chi connectivity index (χ1) is 12.7. The normalized spacial score (nSPS) is 10.2. The van der Waals surface area contributed by atoms with Crippen LogP contribution in [0.2, 0.25) is 0 Å². The molecule has 0 unspecified atom stereocenters. The van der Waals surface area contributed by atoms with E-state index >= 15 is 0 Å². The molecule has 0 saturated carbocycles.